The first-order valence-electron chi connectivity index (χ1n) is 8.80. The summed E-state index contributed by atoms with van der Waals surface area (Å²) in [6.45, 7) is -0.611. The van der Waals surface area contributed by atoms with Crippen molar-refractivity contribution in [1.29, 1.82) is 0 Å². The molecule has 0 bridgehead atoms. The Bertz CT molecular complexity index is 485. The van der Waals surface area contributed by atoms with Gasteiger partial charge in [0.15, 0.2) is 12.6 Å². The smallest absolute Gasteiger partial charge is 0.186 e. The highest BCUT2D eigenvalue weighted by Gasteiger charge is 2.47. The predicted molar refractivity (Wildman–Crippen MR) is 84.1 cm³/mol. The third-order valence-electron chi connectivity index (χ3n) is 5.08. The van der Waals surface area contributed by atoms with E-state index >= 15 is 0 Å². The molecule has 3 aliphatic heterocycles. The van der Waals surface area contributed by atoms with Gasteiger partial charge in [-0.2, -0.15) is 0 Å². The molecule has 0 radical (unpaired) electrons. The molecular formula is C15H27NO11. The molecule has 0 aromatic rings. The second-order valence-corrected chi connectivity index (χ2v) is 6.97. The first-order chi connectivity index (χ1) is 12.8. The molecule has 11 atom stereocenters. The maximum Gasteiger partial charge on any atom is 0.186 e. The summed E-state index contributed by atoms with van der Waals surface area (Å²) in [5.41, 5.74) is 0. The topological polar surface area (TPSA) is 191 Å². The van der Waals surface area contributed by atoms with Crippen molar-refractivity contribution in [3.8, 4) is 0 Å². The molecule has 27 heavy (non-hydrogen) atoms. The van der Waals surface area contributed by atoms with Gasteiger partial charge in [0.1, 0.15) is 36.6 Å². The average Bonchev–Trinajstić information content (AvgIpc) is 3.23. The molecule has 0 amide bonds. The lowest BCUT2D eigenvalue weighted by molar-refractivity contribution is -0.207. The monoisotopic (exact) mass is 397 g/mol. The summed E-state index contributed by atoms with van der Waals surface area (Å²) in [4.78, 5) is 0. The molecule has 12 heteroatoms. The number of nitrogens with one attached hydrogen (secondary N) is 1. The second-order valence-electron chi connectivity index (χ2n) is 6.97. The molecule has 8 N–H and O–H groups in total. The minimum atomic E-state index is -1.38. The molecule has 0 aromatic carbocycles. The molecule has 12 nitrogen and oxygen atoms in total. The summed E-state index contributed by atoms with van der Waals surface area (Å²) in [5, 5.41) is 70.7. The van der Waals surface area contributed by atoms with Crippen LogP contribution < -0.4 is 5.32 Å². The summed E-state index contributed by atoms with van der Waals surface area (Å²) in [6, 6.07) is -0.540. The van der Waals surface area contributed by atoms with E-state index < -0.39 is 74.1 Å². The Morgan fingerprint density at radius 2 is 1.30 bits per heavy atom. The Morgan fingerprint density at radius 1 is 0.741 bits per heavy atom. The third-order valence-corrected chi connectivity index (χ3v) is 5.08. The van der Waals surface area contributed by atoms with E-state index in [1.807, 2.05) is 0 Å². The zero-order valence-corrected chi connectivity index (χ0v) is 14.4. The lowest BCUT2D eigenvalue weighted by Crippen LogP contribution is -2.41. The minimum absolute atomic E-state index is 0.0604. The van der Waals surface area contributed by atoms with Crippen molar-refractivity contribution in [3.05, 3.63) is 0 Å². The fraction of sp³-hybridized carbons (Fsp3) is 1.00. The second kappa shape index (κ2) is 8.90. The fourth-order valence-corrected chi connectivity index (χ4v) is 3.32. The Kier molecular flexibility index (Phi) is 7.00. The van der Waals surface area contributed by atoms with E-state index in [1.165, 1.54) is 0 Å². The van der Waals surface area contributed by atoms with E-state index in [9.17, 15) is 30.6 Å². The maximum absolute atomic E-state index is 10.1. The summed E-state index contributed by atoms with van der Waals surface area (Å²) in [7, 11) is 0. The zero-order valence-electron chi connectivity index (χ0n) is 14.4. The molecule has 158 valence electrons. The van der Waals surface area contributed by atoms with Gasteiger partial charge in [-0.3, -0.25) is 0 Å². The Labute approximate surface area is 154 Å². The van der Waals surface area contributed by atoms with Crippen LogP contribution in [0.5, 0.6) is 0 Å². The van der Waals surface area contributed by atoms with E-state index in [1.54, 1.807) is 0 Å². The van der Waals surface area contributed by atoms with Gasteiger partial charge in [0.2, 0.25) is 0 Å². The summed E-state index contributed by atoms with van der Waals surface area (Å²) < 4.78 is 21.3. The standard InChI is InChI=1S/C15H27NO11/c17-2-7-10(20)12(22)15(26-7)25-4-8-11(21)13(23)14(27-8)24-3-5-9(19)6(18)1-16-5/h5-23H,1-4H2/t5-,6-,7-,8-,9-,10-,11-,12+,13+,14+,15+/m0/s1. The van der Waals surface area contributed by atoms with E-state index in [4.69, 9.17) is 24.1 Å². The van der Waals surface area contributed by atoms with Crippen molar-refractivity contribution in [2.24, 2.45) is 0 Å². The van der Waals surface area contributed by atoms with Crippen LogP contribution in [-0.4, -0.2) is 130 Å². The van der Waals surface area contributed by atoms with Crippen LogP contribution in [0.4, 0.5) is 0 Å². The van der Waals surface area contributed by atoms with Gasteiger partial charge in [-0.25, -0.2) is 0 Å². The van der Waals surface area contributed by atoms with Crippen LogP contribution in [-0.2, 0) is 18.9 Å². The number of rotatable bonds is 7. The van der Waals surface area contributed by atoms with Crippen LogP contribution in [0.3, 0.4) is 0 Å². The van der Waals surface area contributed by atoms with Crippen molar-refractivity contribution in [3.63, 3.8) is 0 Å². The molecule has 0 unspecified atom stereocenters. The number of ether oxygens (including phenoxy) is 4. The van der Waals surface area contributed by atoms with E-state index in [2.05, 4.69) is 5.32 Å². The SMILES string of the molecule is OC[C@@H]1O[C@@H](OC[C@@H]2O[C@@H](OC[C@@H]3NC[C@H](O)[C@H]3O)[C@H](O)[C@H]2O)[C@H](O)[C@H]1O. The van der Waals surface area contributed by atoms with Crippen molar-refractivity contribution in [2.45, 2.75) is 67.5 Å². The van der Waals surface area contributed by atoms with Crippen LogP contribution in [0, 0.1) is 0 Å². The summed E-state index contributed by atoms with van der Waals surface area (Å²) >= 11 is 0. The van der Waals surface area contributed by atoms with Crippen LogP contribution in [0.15, 0.2) is 0 Å². The van der Waals surface area contributed by atoms with Gasteiger partial charge in [0.05, 0.1) is 38.1 Å². The van der Waals surface area contributed by atoms with Crippen LogP contribution in [0.25, 0.3) is 0 Å². The molecular weight excluding hydrogens is 370 g/mol. The summed E-state index contributed by atoms with van der Waals surface area (Å²) in [5.74, 6) is 0. The van der Waals surface area contributed by atoms with Gasteiger partial charge < -0.3 is 60.0 Å². The lowest BCUT2D eigenvalue weighted by atomic mass is 10.1. The zero-order chi connectivity index (χ0) is 19.7. The van der Waals surface area contributed by atoms with E-state index in [0.717, 1.165) is 0 Å². The average molecular weight is 397 g/mol. The van der Waals surface area contributed by atoms with Crippen LogP contribution in [0.2, 0.25) is 0 Å². The van der Waals surface area contributed by atoms with Gasteiger partial charge in [-0.1, -0.05) is 0 Å². The van der Waals surface area contributed by atoms with E-state index in [0.29, 0.717) is 0 Å². The number of aliphatic hydroxyl groups is 7. The molecule has 3 heterocycles. The van der Waals surface area contributed by atoms with Crippen molar-refractivity contribution >= 4 is 0 Å². The van der Waals surface area contributed by atoms with Crippen molar-refractivity contribution < 1.29 is 54.7 Å². The molecule has 0 aromatic heterocycles. The van der Waals surface area contributed by atoms with Crippen molar-refractivity contribution in [1.82, 2.24) is 5.32 Å². The normalized spacial score (nSPS) is 50.6. The third kappa shape index (κ3) is 4.42. The minimum Gasteiger partial charge on any atom is -0.394 e. The van der Waals surface area contributed by atoms with Crippen LogP contribution in [0.1, 0.15) is 0 Å². The number of aliphatic hydroxyl groups excluding tert-OH is 7. The van der Waals surface area contributed by atoms with E-state index in [-0.39, 0.29) is 19.8 Å². The molecule has 3 fully saturated rings. The number of hydrogen-bond donors (Lipinski definition) is 8. The van der Waals surface area contributed by atoms with Gasteiger partial charge >= 0.3 is 0 Å². The van der Waals surface area contributed by atoms with Gasteiger partial charge in [0, 0.05) is 6.54 Å². The van der Waals surface area contributed by atoms with Gasteiger partial charge in [-0.15, -0.1) is 0 Å². The summed E-state index contributed by atoms with van der Waals surface area (Å²) in [6.07, 6.45) is -11.7. The molecule has 0 spiro atoms. The highest BCUT2D eigenvalue weighted by atomic mass is 16.7. The lowest BCUT2D eigenvalue weighted by Gasteiger charge is -2.21. The number of β-amino-alcohol motifs (C(OH)–C–C–N with tert-alkyl or cyclic N) is 1. The first-order valence-corrected chi connectivity index (χ1v) is 8.80. The highest BCUT2D eigenvalue weighted by Crippen LogP contribution is 2.26. The molecule has 3 rings (SSSR count). The van der Waals surface area contributed by atoms with Gasteiger partial charge in [0.25, 0.3) is 0 Å². The highest BCUT2D eigenvalue weighted by molar-refractivity contribution is 4.92. The quantitative estimate of drug-likeness (QED) is 0.204. The fourth-order valence-electron chi connectivity index (χ4n) is 3.32. The van der Waals surface area contributed by atoms with Crippen LogP contribution >= 0.6 is 0 Å². The first kappa shape index (κ1) is 21.2. The van der Waals surface area contributed by atoms with Gasteiger partial charge in [-0.05, 0) is 0 Å². The predicted octanol–water partition coefficient (Wildman–Crippen LogP) is -5.40. The Balaban J connectivity index is 1.45. The Hall–Kier alpha value is -0.480. The Morgan fingerprint density at radius 3 is 1.81 bits per heavy atom. The number of hydrogen-bond acceptors (Lipinski definition) is 12. The largest absolute Gasteiger partial charge is 0.394 e. The maximum atomic E-state index is 10.1. The molecule has 0 saturated carbocycles. The molecule has 3 saturated heterocycles. The molecule has 0 aliphatic carbocycles. The van der Waals surface area contributed by atoms with Crippen molar-refractivity contribution in [2.75, 3.05) is 26.4 Å². The molecule has 3 aliphatic rings.